The highest BCUT2D eigenvalue weighted by atomic mass is 16.2. The summed E-state index contributed by atoms with van der Waals surface area (Å²) in [5.74, 6) is 0. The van der Waals surface area contributed by atoms with Crippen molar-refractivity contribution in [3.63, 3.8) is 0 Å². The van der Waals surface area contributed by atoms with E-state index in [1.165, 1.54) is 0 Å². The first kappa shape index (κ1) is 7.16. The molecule has 0 fully saturated rings. The number of benzene rings is 1. The second kappa shape index (κ2) is 2.24. The minimum Gasteiger partial charge on any atom is -0.244 e. The van der Waals surface area contributed by atoms with Gasteiger partial charge in [0, 0.05) is 0 Å². The Hall–Kier alpha value is -1.51. The first-order chi connectivity index (χ1) is 5.66. The van der Waals surface area contributed by atoms with Gasteiger partial charge >= 0.3 is 6.03 Å². The molecule has 1 aliphatic heterocycles. The van der Waals surface area contributed by atoms with E-state index < -0.39 is 6.03 Å². The molecule has 3 heteroatoms. The standard InChI is InChI=1S/C9H8N2O/c1-5-3-7-8(4-6(5)2)11-9(12)10-7/h3-4H,1-2H3. The van der Waals surface area contributed by atoms with Crippen molar-refractivity contribution < 1.29 is 4.79 Å². The highest BCUT2D eigenvalue weighted by Crippen LogP contribution is 1.99. The third-order valence-corrected chi connectivity index (χ3v) is 2.02. The monoisotopic (exact) mass is 160 g/mol. The molecule has 1 aromatic carbocycles. The molecule has 1 aliphatic rings. The van der Waals surface area contributed by atoms with Crippen LogP contribution >= 0.6 is 0 Å². The molecule has 1 aromatic rings. The lowest BCUT2D eigenvalue weighted by molar-refractivity contribution is 0.256. The number of urea groups is 1. The summed E-state index contributed by atoms with van der Waals surface area (Å²) in [6, 6.07) is 3.38. The zero-order valence-corrected chi connectivity index (χ0v) is 6.96. The number of hydrogen-bond acceptors (Lipinski definition) is 1. The minimum atomic E-state index is -0.394. The summed E-state index contributed by atoms with van der Waals surface area (Å²) in [6.45, 7) is 3.99. The third kappa shape index (κ3) is 0.942. The predicted molar refractivity (Wildman–Crippen MR) is 43.6 cm³/mol. The SMILES string of the molecule is Cc1cc2c(cc1C)=NC(=O)N=2. The number of carbonyl (C=O) groups is 1. The third-order valence-electron chi connectivity index (χ3n) is 2.02. The molecule has 60 valence electrons. The number of aryl methyl sites for hydroxylation is 2. The van der Waals surface area contributed by atoms with Crippen LogP contribution in [-0.2, 0) is 0 Å². The highest BCUT2D eigenvalue weighted by Gasteiger charge is 2.05. The van der Waals surface area contributed by atoms with Crippen molar-refractivity contribution >= 4 is 6.03 Å². The number of hydrogen-bond donors (Lipinski definition) is 0. The second-order valence-corrected chi connectivity index (χ2v) is 2.93. The normalized spacial score (nSPS) is 13.7. The molecule has 0 bridgehead atoms. The van der Waals surface area contributed by atoms with E-state index >= 15 is 0 Å². The van der Waals surface area contributed by atoms with Crippen LogP contribution in [0.4, 0.5) is 4.79 Å². The molecule has 0 aromatic heterocycles. The van der Waals surface area contributed by atoms with Crippen molar-refractivity contribution in [1.29, 1.82) is 0 Å². The molecule has 2 amide bonds. The number of amides is 2. The van der Waals surface area contributed by atoms with Gasteiger partial charge in [0.1, 0.15) is 0 Å². The average molecular weight is 160 g/mol. The molecular formula is C9H8N2O. The number of fused-ring (bicyclic) bond motifs is 1. The van der Waals surface area contributed by atoms with Crippen LogP contribution in [0, 0.1) is 13.8 Å². The largest absolute Gasteiger partial charge is 0.368 e. The molecule has 0 atom stereocenters. The van der Waals surface area contributed by atoms with Crippen molar-refractivity contribution in [1.82, 2.24) is 0 Å². The van der Waals surface area contributed by atoms with E-state index in [4.69, 9.17) is 0 Å². The van der Waals surface area contributed by atoms with Crippen LogP contribution in [0.25, 0.3) is 0 Å². The Bertz CT molecular complexity index is 431. The molecule has 0 unspecified atom stereocenters. The summed E-state index contributed by atoms with van der Waals surface area (Å²) in [7, 11) is 0. The lowest BCUT2D eigenvalue weighted by Gasteiger charge is -1.94. The Morgan fingerprint density at radius 3 is 1.83 bits per heavy atom. The molecule has 0 saturated heterocycles. The van der Waals surface area contributed by atoms with Crippen LogP contribution < -0.4 is 10.7 Å². The summed E-state index contributed by atoms with van der Waals surface area (Å²) < 4.78 is 0. The zero-order valence-electron chi connectivity index (χ0n) is 6.96. The van der Waals surface area contributed by atoms with Gasteiger partial charge in [0.15, 0.2) is 0 Å². The molecule has 12 heavy (non-hydrogen) atoms. The molecule has 2 rings (SSSR count). The number of carbonyl (C=O) groups excluding carboxylic acids is 1. The van der Waals surface area contributed by atoms with E-state index in [0.717, 1.165) is 11.1 Å². The van der Waals surface area contributed by atoms with Crippen LogP contribution in [0.5, 0.6) is 0 Å². The summed E-state index contributed by atoms with van der Waals surface area (Å²) in [5.41, 5.74) is 2.28. The van der Waals surface area contributed by atoms with Crippen molar-refractivity contribution in [3.8, 4) is 0 Å². The van der Waals surface area contributed by atoms with Crippen LogP contribution in [-0.4, -0.2) is 6.03 Å². The molecule has 0 radical (unpaired) electrons. The van der Waals surface area contributed by atoms with E-state index in [1.54, 1.807) is 0 Å². The molecule has 0 spiro atoms. The Morgan fingerprint density at radius 1 is 1.00 bits per heavy atom. The van der Waals surface area contributed by atoms with E-state index in [2.05, 4.69) is 9.98 Å². The summed E-state index contributed by atoms with van der Waals surface area (Å²) >= 11 is 0. The van der Waals surface area contributed by atoms with Crippen molar-refractivity contribution in [2.75, 3.05) is 0 Å². The van der Waals surface area contributed by atoms with Gasteiger partial charge in [-0.3, -0.25) is 0 Å². The Kier molecular flexibility index (Phi) is 1.33. The molecule has 0 N–H and O–H groups in total. The lowest BCUT2D eigenvalue weighted by Crippen LogP contribution is -2.22. The summed E-state index contributed by atoms with van der Waals surface area (Å²) in [4.78, 5) is 18.3. The van der Waals surface area contributed by atoms with Crippen molar-refractivity contribution in [2.45, 2.75) is 13.8 Å². The first-order valence-corrected chi connectivity index (χ1v) is 3.75. The first-order valence-electron chi connectivity index (χ1n) is 3.75. The van der Waals surface area contributed by atoms with E-state index in [0.29, 0.717) is 10.7 Å². The fourth-order valence-corrected chi connectivity index (χ4v) is 1.20. The molecule has 0 aliphatic carbocycles. The van der Waals surface area contributed by atoms with E-state index in [-0.39, 0.29) is 0 Å². The quantitative estimate of drug-likeness (QED) is 0.550. The van der Waals surface area contributed by atoms with Gasteiger partial charge in [0.05, 0.1) is 10.7 Å². The Labute approximate surface area is 69.5 Å². The zero-order chi connectivity index (χ0) is 8.72. The van der Waals surface area contributed by atoms with Gasteiger partial charge in [-0.15, -0.1) is 0 Å². The van der Waals surface area contributed by atoms with Gasteiger partial charge in [0.2, 0.25) is 0 Å². The number of rotatable bonds is 0. The highest BCUT2D eigenvalue weighted by molar-refractivity contribution is 5.77. The predicted octanol–water partition coefficient (Wildman–Crippen LogP) is 0.676. The van der Waals surface area contributed by atoms with Gasteiger partial charge in [-0.25, -0.2) is 4.79 Å². The fourth-order valence-electron chi connectivity index (χ4n) is 1.20. The fraction of sp³-hybridized carbons (Fsp3) is 0.222. The maximum atomic E-state index is 10.8. The molecular weight excluding hydrogens is 152 g/mol. The second-order valence-electron chi connectivity index (χ2n) is 2.93. The van der Waals surface area contributed by atoms with E-state index in [1.807, 2.05) is 26.0 Å². The Morgan fingerprint density at radius 2 is 1.42 bits per heavy atom. The van der Waals surface area contributed by atoms with Crippen LogP contribution in [0.2, 0.25) is 0 Å². The van der Waals surface area contributed by atoms with Gasteiger partial charge in [-0.1, -0.05) is 0 Å². The summed E-state index contributed by atoms with van der Waals surface area (Å²) in [5, 5.41) is 1.39. The van der Waals surface area contributed by atoms with Crippen LogP contribution in [0.1, 0.15) is 11.1 Å². The minimum absolute atomic E-state index is 0.394. The number of nitrogens with zero attached hydrogens (tertiary/aromatic N) is 2. The average Bonchev–Trinajstić information content (AvgIpc) is 2.30. The maximum Gasteiger partial charge on any atom is 0.368 e. The Balaban J connectivity index is 2.89. The smallest absolute Gasteiger partial charge is 0.244 e. The summed E-state index contributed by atoms with van der Waals surface area (Å²) in [6.07, 6.45) is 0. The molecule has 0 saturated carbocycles. The van der Waals surface area contributed by atoms with Gasteiger partial charge < -0.3 is 0 Å². The van der Waals surface area contributed by atoms with Crippen LogP contribution in [0.15, 0.2) is 22.1 Å². The van der Waals surface area contributed by atoms with Gasteiger partial charge in [0.25, 0.3) is 0 Å². The topological polar surface area (TPSA) is 41.8 Å². The van der Waals surface area contributed by atoms with Gasteiger partial charge in [-0.2, -0.15) is 9.98 Å². The molecule has 3 nitrogen and oxygen atoms in total. The maximum absolute atomic E-state index is 10.8. The van der Waals surface area contributed by atoms with Crippen molar-refractivity contribution in [3.05, 3.63) is 34.0 Å². The van der Waals surface area contributed by atoms with E-state index in [9.17, 15) is 4.79 Å². The molecule has 1 heterocycles. The van der Waals surface area contributed by atoms with Gasteiger partial charge in [-0.05, 0) is 37.1 Å². The van der Waals surface area contributed by atoms with Crippen molar-refractivity contribution in [2.24, 2.45) is 9.98 Å². The van der Waals surface area contributed by atoms with Crippen LogP contribution in [0.3, 0.4) is 0 Å². The lowest BCUT2D eigenvalue weighted by atomic mass is 10.1.